The molecule has 0 aliphatic heterocycles. The number of aromatic nitrogens is 2. The largest absolute Gasteiger partial charge is 0.486 e. The maximum absolute atomic E-state index is 13.0. The molecule has 0 spiro atoms. The van der Waals surface area contributed by atoms with Crippen LogP contribution in [0.5, 0.6) is 5.75 Å². The van der Waals surface area contributed by atoms with E-state index in [1.54, 1.807) is 4.57 Å². The predicted octanol–water partition coefficient (Wildman–Crippen LogP) is 5.17. The SMILES string of the molecule is OCCCn1c(COc2ccc3ccccc3c2)nc2cc(C(F)(F)F)ccc21. The van der Waals surface area contributed by atoms with Crippen molar-refractivity contribution in [3.63, 3.8) is 0 Å². The van der Waals surface area contributed by atoms with Crippen LogP contribution in [0.3, 0.4) is 0 Å². The van der Waals surface area contributed by atoms with E-state index < -0.39 is 11.7 Å². The Kier molecular flexibility index (Phi) is 5.15. The first-order chi connectivity index (χ1) is 14.0. The minimum absolute atomic E-state index is 0.0225. The molecule has 0 aliphatic carbocycles. The van der Waals surface area contributed by atoms with Crippen molar-refractivity contribution >= 4 is 21.8 Å². The molecule has 0 radical (unpaired) electrons. The maximum Gasteiger partial charge on any atom is 0.416 e. The van der Waals surface area contributed by atoms with Gasteiger partial charge in [0.25, 0.3) is 0 Å². The molecule has 1 heterocycles. The van der Waals surface area contributed by atoms with Gasteiger partial charge in [0.1, 0.15) is 18.2 Å². The first kappa shape index (κ1) is 19.3. The molecule has 0 aliphatic rings. The molecule has 1 N–H and O–H groups in total. The highest BCUT2D eigenvalue weighted by Gasteiger charge is 2.31. The highest BCUT2D eigenvalue weighted by atomic mass is 19.4. The van der Waals surface area contributed by atoms with Crippen LogP contribution in [-0.2, 0) is 19.3 Å². The van der Waals surface area contributed by atoms with E-state index >= 15 is 0 Å². The molecule has 150 valence electrons. The quantitative estimate of drug-likeness (QED) is 0.486. The van der Waals surface area contributed by atoms with Crippen molar-refractivity contribution in [2.24, 2.45) is 0 Å². The molecule has 4 rings (SSSR count). The molecule has 0 saturated heterocycles. The Morgan fingerprint density at radius 1 is 0.966 bits per heavy atom. The van der Waals surface area contributed by atoms with Crippen molar-refractivity contribution in [3.05, 3.63) is 72.1 Å². The molecule has 0 atom stereocenters. The third-order valence-electron chi connectivity index (χ3n) is 4.78. The first-order valence-corrected chi connectivity index (χ1v) is 9.24. The van der Waals surface area contributed by atoms with Crippen LogP contribution in [0.15, 0.2) is 60.7 Å². The molecular weight excluding hydrogens is 381 g/mol. The number of hydrogen-bond acceptors (Lipinski definition) is 3. The first-order valence-electron chi connectivity index (χ1n) is 9.24. The highest BCUT2D eigenvalue weighted by Crippen LogP contribution is 2.32. The standard InChI is InChI=1S/C22H19F3N2O2/c23-22(24,25)17-7-9-20-19(13-17)26-21(27(20)10-3-11-28)14-29-18-8-6-15-4-1-2-5-16(15)12-18/h1-2,4-9,12-13,28H,3,10-11,14H2. The third kappa shape index (κ3) is 4.05. The average Bonchev–Trinajstić information content (AvgIpc) is 3.06. The van der Waals surface area contributed by atoms with Crippen molar-refractivity contribution in [2.75, 3.05) is 6.61 Å². The van der Waals surface area contributed by atoms with Crippen LogP contribution in [0.1, 0.15) is 17.8 Å². The Bertz CT molecular complexity index is 1150. The number of alkyl halides is 3. The van der Waals surface area contributed by atoms with Crippen LogP contribution in [0.4, 0.5) is 13.2 Å². The Morgan fingerprint density at radius 3 is 2.52 bits per heavy atom. The molecule has 0 unspecified atom stereocenters. The van der Waals surface area contributed by atoms with Gasteiger partial charge in [-0.1, -0.05) is 30.3 Å². The van der Waals surface area contributed by atoms with Crippen LogP contribution in [0.25, 0.3) is 21.8 Å². The van der Waals surface area contributed by atoms with Crippen LogP contribution in [0.2, 0.25) is 0 Å². The molecule has 0 bridgehead atoms. The maximum atomic E-state index is 13.0. The predicted molar refractivity (Wildman–Crippen MR) is 105 cm³/mol. The lowest BCUT2D eigenvalue weighted by Crippen LogP contribution is -2.08. The van der Waals surface area contributed by atoms with E-state index in [4.69, 9.17) is 4.74 Å². The monoisotopic (exact) mass is 400 g/mol. The molecule has 29 heavy (non-hydrogen) atoms. The molecule has 4 nitrogen and oxygen atoms in total. The normalized spacial score (nSPS) is 12.0. The van der Waals surface area contributed by atoms with Gasteiger partial charge >= 0.3 is 6.18 Å². The van der Waals surface area contributed by atoms with E-state index in [-0.39, 0.29) is 18.7 Å². The number of fused-ring (bicyclic) bond motifs is 2. The van der Waals surface area contributed by atoms with Gasteiger partial charge in [0.2, 0.25) is 0 Å². The summed E-state index contributed by atoms with van der Waals surface area (Å²) in [6, 6.07) is 17.1. The Morgan fingerprint density at radius 2 is 1.76 bits per heavy atom. The zero-order valence-corrected chi connectivity index (χ0v) is 15.5. The fourth-order valence-electron chi connectivity index (χ4n) is 3.35. The Balaban J connectivity index is 1.65. The van der Waals surface area contributed by atoms with Crippen LogP contribution < -0.4 is 4.74 Å². The summed E-state index contributed by atoms with van der Waals surface area (Å²) in [5.74, 6) is 1.17. The van der Waals surface area contributed by atoms with Gasteiger partial charge in [-0.15, -0.1) is 0 Å². The van der Waals surface area contributed by atoms with Gasteiger partial charge in [0.05, 0.1) is 16.6 Å². The number of halogens is 3. The minimum Gasteiger partial charge on any atom is -0.486 e. The minimum atomic E-state index is -4.43. The number of aliphatic hydroxyl groups is 1. The molecule has 0 saturated carbocycles. The number of nitrogens with zero attached hydrogens (tertiary/aromatic N) is 2. The van der Waals surface area contributed by atoms with E-state index in [2.05, 4.69) is 4.98 Å². The second-order valence-electron chi connectivity index (χ2n) is 6.76. The lowest BCUT2D eigenvalue weighted by molar-refractivity contribution is -0.137. The lowest BCUT2D eigenvalue weighted by Gasteiger charge is -2.11. The smallest absolute Gasteiger partial charge is 0.416 e. The molecule has 7 heteroatoms. The van der Waals surface area contributed by atoms with E-state index in [9.17, 15) is 18.3 Å². The molecule has 4 aromatic rings. The highest BCUT2D eigenvalue weighted by molar-refractivity contribution is 5.83. The number of aryl methyl sites for hydroxylation is 1. The van der Waals surface area contributed by atoms with Crippen LogP contribution in [-0.4, -0.2) is 21.3 Å². The second kappa shape index (κ2) is 7.75. The summed E-state index contributed by atoms with van der Waals surface area (Å²) in [6.07, 6.45) is -3.96. The number of imidazole rings is 1. The summed E-state index contributed by atoms with van der Waals surface area (Å²) in [4.78, 5) is 4.37. The molecule has 0 amide bonds. The summed E-state index contributed by atoms with van der Waals surface area (Å²) in [6.45, 7) is 0.528. The number of ether oxygens (including phenoxy) is 1. The van der Waals surface area contributed by atoms with Gasteiger partial charge in [0, 0.05) is 13.2 Å². The Hall–Kier alpha value is -3.06. The molecular formula is C22H19F3N2O2. The number of rotatable bonds is 6. The van der Waals surface area contributed by atoms with Crippen molar-refractivity contribution in [2.45, 2.75) is 25.7 Å². The topological polar surface area (TPSA) is 47.3 Å². The zero-order valence-electron chi connectivity index (χ0n) is 15.5. The number of aliphatic hydroxyl groups excluding tert-OH is 1. The number of hydrogen-bond donors (Lipinski definition) is 1. The van der Waals surface area contributed by atoms with Gasteiger partial charge in [-0.05, 0) is 47.5 Å². The van der Waals surface area contributed by atoms with Crippen molar-refractivity contribution in [1.82, 2.24) is 9.55 Å². The second-order valence-corrected chi connectivity index (χ2v) is 6.76. The van der Waals surface area contributed by atoms with Crippen LogP contribution in [0, 0.1) is 0 Å². The molecule has 1 aromatic heterocycles. The number of benzene rings is 3. The fraction of sp³-hybridized carbons (Fsp3) is 0.227. The van der Waals surface area contributed by atoms with Gasteiger partial charge < -0.3 is 14.4 Å². The van der Waals surface area contributed by atoms with E-state index in [1.807, 2.05) is 42.5 Å². The summed E-state index contributed by atoms with van der Waals surface area (Å²) >= 11 is 0. The van der Waals surface area contributed by atoms with E-state index in [0.717, 1.165) is 22.9 Å². The Labute approximate surface area is 165 Å². The lowest BCUT2D eigenvalue weighted by atomic mass is 10.1. The van der Waals surface area contributed by atoms with Crippen LogP contribution >= 0.6 is 0 Å². The molecule has 0 fully saturated rings. The van der Waals surface area contributed by atoms with Gasteiger partial charge in [-0.3, -0.25) is 0 Å². The third-order valence-corrected chi connectivity index (χ3v) is 4.78. The van der Waals surface area contributed by atoms with Gasteiger partial charge in [0.15, 0.2) is 0 Å². The summed E-state index contributed by atoms with van der Waals surface area (Å²) in [5.41, 5.74) is 0.109. The van der Waals surface area contributed by atoms with Crippen molar-refractivity contribution in [3.8, 4) is 5.75 Å². The average molecular weight is 400 g/mol. The van der Waals surface area contributed by atoms with Crippen molar-refractivity contribution in [1.29, 1.82) is 0 Å². The fourth-order valence-corrected chi connectivity index (χ4v) is 3.35. The zero-order chi connectivity index (χ0) is 20.4. The molecule has 3 aromatic carbocycles. The summed E-state index contributed by atoms with van der Waals surface area (Å²) in [5, 5.41) is 11.3. The summed E-state index contributed by atoms with van der Waals surface area (Å²) < 4.78 is 46.8. The van der Waals surface area contributed by atoms with Gasteiger partial charge in [-0.25, -0.2) is 4.98 Å². The van der Waals surface area contributed by atoms with E-state index in [1.165, 1.54) is 6.07 Å². The van der Waals surface area contributed by atoms with Gasteiger partial charge in [-0.2, -0.15) is 13.2 Å². The van der Waals surface area contributed by atoms with Crippen molar-refractivity contribution < 1.29 is 23.0 Å². The summed E-state index contributed by atoms with van der Waals surface area (Å²) in [7, 11) is 0. The van der Waals surface area contributed by atoms with E-state index in [0.29, 0.717) is 30.1 Å².